The normalized spacial score (nSPS) is 11.6. The number of pyridine rings is 1. The Morgan fingerprint density at radius 1 is 1.07 bits per heavy atom. The number of carbonyl (C=O) groups is 1. The van der Waals surface area contributed by atoms with Crippen molar-refractivity contribution in [2.75, 3.05) is 0 Å². The summed E-state index contributed by atoms with van der Waals surface area (Å²) in [5.41, 5.74) is 0.940. The van der Waals surface area contributed by atoms with Crippen LogP contribution in [0, 0.1) is 0 Å². The molecule has 0 atom stereocenters. The van der Waals surface area contributed by atoms with Crippen LogP contribution in [0.3, 0.4) is 0 Å². The molecule has 6 nitrogen and oxygen atoms in total. The number of hydrogen-bond donors (Lipinski definition) is 1. The summed E-state index contributed by atoms with van der Waals surface area (Å²) in [7, 11) is 0. The maximum absolute atomic E-state index is 13.1. The van der Waals surface area contributed by atoms with Gasteiger partial charge < -0.3 is 5.32 Å². The van der Waals surface area contributed by atoms with Crippen molar-refractivity contribution in [1.82, 2.24) is 24.7 Å². The largest absolute Gasteiger partial charge is 0.416 e. The number of aromatic nitrogens is 4. The molecular weight excluding hydrogens is 383 g/mol. The Morgan fingerprint density at radius 2 is 1.90 bits per heavy atom. The van der Waals surface area contributed by atoms with E-state index in [4.69, 9.17) is 0 Å². The van der Waals surface area contributed by atoms with Crippen LogP contribution in [0.2, 0.25) is 0 Å². The van der Waals surface area contributed by atoms with Crippen molar-refractivity contribution in [1.29, 1.82) is 0 Å². The third-order valence-electron chi connectivity index (χ3n) is 4.29. The van der Waals surface area contributed by atoms with Crippen molar-refractivity contribution in [3.05, 3.63) is 84.3 Å². The van der Waals surface area contributed by atoms with Crippen LogP contribution in [-0.2, 0) is 12.7 Å². The Kier molecular flexibility index (Phi) is 4.71. The number of nitrogens with one attached hydrogen (secondary N) is 1. The number of hydrogen-bond acceptors (Lipinski definition) is 4. The van der Waals surface area contributed by atoms with Gasteiger partial charge in [-0.1, -0.05) is 18.2 Å². The third-order valence-corrected chi connectivity index (χ3v) is 4.29. The van der Waals surface area contributed by atoms with Gasteiger partial charge in [-0.2, -0.15) is 13.2 Å². The van der Waals surface area contributed by atoms with E-state index in [9.17, 15) is 18.0 Å². The molecule has 0 unspecified atom stereocenters. The zero-order valence-corrected chi connectivity index (χ0v) is 14.9. The lowest BCUT2D eigenvalue weighted by atomic mass is 10.1. The lowest BCUT2D eigenvalue weighted by molar-refractivity contribution is -0.137. The average molecular weight is 397 g/mol. The van der Waals surface area contributed by atoms with Gasteiger partial charge in [0.2, 0.25) is 5.82 Å². The molecule has 4 rings (SSSR count). The van der Waals surface area contributed by atoms with Crippen molar-refractivity contribution in [2.24, 2.45) is 0 Å². The number of nitrogens with zero attached hydrogens (tertiary/aromatic N) is 4. The van der Waals surface area contributed by atoms with Gasteiger partial charge in [0, 0.05) is 36.9 Å². The Hall–Kier alpha value is -3.75. The summed E-state index contributed by atoms with van der Waals surface area (Å²) in [5.74, 6) is -0.410. The fourth-order valence-electron chi connectivity index (χ4n) is 2.92. The Morgan fingerprint density at radius 3 is 2.66 bits per heavy atom. The lowest BCUT2D eigenvalue weighted by Gasteiger charge is -2.07. The molecule has 3 heterocycles. The Balaban J connectivity index is 1.71. The van der Waals surface area contributed by atoms with Crippen LogP contribution in [0.4, 0.5) is 13.2 Å². The topological polar surface area (TPSA) is 72.2 Å². The van der Waals surface area contributed by atoms with Crippen molar-refractivity contribution in [2.45, 2.75) is 12.7 Å². The molecule has 9 heteroatoms. The summed E-state index contributed by atoms with van der Waals surface area (Å²) in [4.78, 5) is 25.0. The van der Waals surface area contributed by atoms with Crippen LogP contribution in [0.25, 0.3) is 16.8 Å². The summed E-state index contributed by atoms with van der Waals surface area (Å²) < 4.78 is 40.8. The zero-order valence-electron chi connectivity index (χ0n) is 14.9. The molecule has 0 saturated heterocycles. The van der Waals surface area contributed by atoms with Crippen LogP contribution in [0.1, 0.15) is 21.7 Å². The second kappa shape index (κ2) is 7.34. The van der Waals surface area contributed by atoms with Gasteiger partial charge in [-0.25, -0.2) is 4.98 Å². The van der Waals surface area contributed by atoms with Crippen LogP contribution in [0.15, 0.2) is 67.4 Å². The van der Waals surface area contributed by atoms with E-state index in [1.807, 2.05) is 6.07 Å². The molecule has 0 aliphatic carbocycles. The minimum absolute atomic E-state index is 0.0544. The predicted octanol–water partition coefficient (Wildman–Crippen LogP) is 3.74. The predicted molar refractivity (Wildman–Crippen MR) is 98.8 cm³/mol. The van der Waals surface area contributed by atoms with Gasteiger partial charge in [-0.05, 0) is 23.8 Å². The molecular formula is C20H14F3N5O. The first-order valence-electron chi connectivity index (χ1n) is 8.60. The maximum Gasteiger partial charge on any atom is 0.416 e. The SMILES string of the molecule is O=C(NCc1cccnc1)c1nc(-c2cccc(C(F)(F)F)c2)c2cnccn12. The summed E-state index contributed by atoms with van der Waals surface area (Å²) in [5, 5.41) is 2.75. The number of alkyl halides is 3. The smallest absolute Gasteiger partial charge is 0.345 e. The van der Waals surface area contributed by atoms with Gasteiger partial charge in [-0.3, -0.25) is 19.2 Å². The maximum atomic E-state index is 13.1. The summed E-state index contributed by atoms with van der Waals surface area (Å²) in [6.45, 7) is 0.242. The van der Waals surface area contributed by atoms with E-state index in [1.165, 1.54) is 28.9 Å². The summed E-state index contributed by atoms with van der Waals surface area (Å²) in [6.07, 6.45) is 3.25. The van der Waals surface area contributed by atoms with Gasteiger partial charge >= 0.3 is 6.18 Å². The van der Waals surface area contributed by atoms with Crippen molar-refractivity contribution in [3.8, 4) is 11.3 Å². The Bertz CT molecular complexity index is 1170. The van der Waals surface area contributed by atoms with E-state index in [2.05, 4.69) is 20.3 Å². The molecule has 1 aromatic carbocycles. The molecule has 29 heavy (non-hydrogen) atoms. The number of benzene rings is 1. The number of imidazole rings is 1. The van der Waals surface area contributed by atoms with Crippen LogP contribution >= 0.6 is 0 Å². The first kappa shape index (κ1) is 18.6. The van der Waals surface area contributed by atoms with Gasteiger partial charge in [0.1, 0.15) is 0 Å². The number of halogens is 3. The lowest BCUT2D eigenvalue weighted by Crippen LogP contribution is -2.25. The van der Waals surface area contributed by atoms with E-state index in [1.54, 1.807) is 24.7 Å². The minimum atomic E-state index is -4.48. The minimum Gasteiger partial charge on any atom is -0.345 e. The zero-order chi connectivity index (χ0) is 20.4. The van der Waals surface area contributed by atoms with E-state index in [0.717, 1.165) is 17.7 Å². The van der Waals surface area contributed by atoms with E-state index in [-0.39, 0.29) is 23.6 Å². The highest BCUT2D eigenvalue weighted by Crippen LogP contribution is 2.33. The molecule has 3 aromatic heterocycles. The molecule has 0 radical (unpaired) electrons. The fourth-order valence-corrected chi connectivity index (χ4v) is 2.92. The molecule has 0 saturated carbocycles. The fraction of sp³-hybridized carbons (Fsp3) is 0.100. The molecule has 0 bridgehead atoms. The van der Waals surface area contributed by atoms with Crippen LogP contribution in [-0.4, -0.2) is 25.3 Å². The van der Waals surface area contributed by atoms with Crippen molar-refractivity contribution in [3.63, 3.8) is 0 Å². The molecule has 0 fully saturated rings. The average Bonchev–Trinajstić information content (AvgIpc) is 3.12. The highest BCUT2D eigenvalue weighted by molar-refractivity contribution is 5.94. The molecule has 0 aliphatic heterocycles. The highest BCUT2D eigenvalue weighted by Gasteiger charge is 2.31. The first-order chi connectivity index (χ1) is 13.9. The molecule has 1 amide bonds. The summed E-state index contributed by atoms with van der Waals surface area (Å²) in [6, 6.07) is 8.39. The summed E-state index contributed by atoms with van der Waals surface area (Å²) >= 11 is 0. The monoisotopic (exact) mass is 397 g/mol. The van der Waals surface area contributed by atoms with E-state index in [0.29, 0.717) is 5.52 Å². The number of carbonyl (C=O) groups excluding carboxylic acids is 1. The first-order valence-corrected chi connectivity index (χ1v) is 8.60. The van der Waals surface area contributed by atoms with Gasteiger partial charge in [-0.15, -0.1) is 0 Å². The van der Waals surface area contributed by atoms with E-state index >= 15 is 0 Å². The molecule has 0 spiro atoms. The van der Waals surface area contributed by atoms with Crippen molar-refractivity contribution >= 4 is 11.4 Å². The highest BCUT2D eigenvalue weighted by atomic mass is 19.4. The molecule has 0 aliphatic rings. The molecule has 1 N–H and O–H groups in total. The Labute approximate surface area is 163 Å². The molecule has 4 aromatic rings. The van der Waals surface area contributed by atoms with Gasteiger partial charge in [0.05, 0.1) is 23.0 Å². The quantitative estimate of drug-likeness (QED) is 0.570. The second-order valence-corrected chi connectivity index (χ2v) is 6.24. The third kappa shape index (κ3) is 3.79. The van der Waals surface area contributed by atoms with Gasteiger partial charge in [0.25, 0.3) is 5.91 Å². The number of amides is 1. The van der Waals surface area contributed by atoms with Gasteiger partial charge in [0.15, 0.2) is 0 Å². The van der Waals surface area contributed by atoms with Crippen LogP contribution < -0.4 is 5.32 Å². The van der Waals surface area contributed by atoms with Crippen LogP contribution in [0.5, 0.6) is 0 Å². The standard InChI is InChI=1S/C20H14F3N5O/c21-20(22,23)15-5-1-4-14(9-15)17-16-12-25-7-8-28(16)18(27-17)19(29)26-11-13-3-2-6-24-10-13/h1-10,12H,11H2,(H,26,29). The second-order valence-electron chi connectivity index (χ2n) is 6.24. The number of fused-ring (bicyclic) bond motifs is 1. The van der Waals surface area contributed by atoms with E-state index < -0.39 is 17.6 Å². The number of rotatable bonds is 4. The van der Waals surface area contributed by atoms with Crippen molar-refractivity contribution < 1.29 is 18.0 Å². The molecule has 146 valence electrons.